The lowest BCUT2D eigenvalue weighted by molar-refractivity contribution is -0.118. The number of hydrogen-bond acceptors (Lipinski definition) is 5. The van der Waals surface area contributed by atoms with Crippen LogP contribution in [0.5, 0.6) is 0 Å². The number of aliphatic hydroxyl groups is 1. The molecule has 0 fully saturated rings. The van der Waals surface area contributed by atoms with Crippen LogP contribution in [0, 0.1) is 13.8 Å². The standard InChI is InChI=1S/C22H28N2O5/c1-13-20(15(3)25)14(2)24-21(13)22(28)29-12-19(27)18-9-7-17(8-10-18)6-5-11-23-16(4)26/h7-10,15,24-25H,5-6,11-12H2,1-4H3,(H,23,26)/t15-/m0/s1. The Labute approximate surface area is 170 Å². The smallest absolute Gasteiger partial charge is 0.355 e. The quantitative estimate of drug-likeness (QED) is 0.341. The number of hydrogen-bond donors (Lipinski definition) is 3. The van der Waals surface area contributed by atoms with Crippen LogP contribution in [0.25, 0.3) is 0 Å². The maximum absolute atomic E-state index is 12.3. The van der Waals surface area contributed by atoms with Gasteiger partial charge in [0.05, 0.1) is 6.10 Å². The summed E-state index contributed by atoms with van der Waals surface area (Å²) in [6.45, 7) is 6.87. The number of esters is 1. The third-order valence-corrected chi connectivity index (χ3v) is 4.74. The molecule has 0 aliphatic carbocycles. The highest BCUT2D eigenvalue weighted by molar-refractivity contribution is 5.99. The number of ketones is 1. The number of amides is 1. The Morgan fingerprint density at radius 1 is 1.17 bits per heavy atom. The fourth-order valence-corrected chi connectivity index (χ4v) is 3.30. The van der Waals surface area contributed by atoms with Crippen molar-refractivity contribution in [1.82, 2.24) is 10.3 Å². The van der Waals surface area contributed by atoms with E-state index in [4.69, 9.17) is 4.74 Å². The second-order valence-corrected chi connectivity index (χ2v) is 7.12. The van der Waals surface area contributed by atoms with Gasteiger partial charge in [0.15, 0.2) is 12.4 Å². The molecular formula is C22H28N2O5. The largest absolute Gasteiger partial charge is 0.453 e. The van der Waals surface area contributed by atoms with Crippen molar-refractivity contribution in [3.8, 4) is 0 Å². The normalized spacial score (nSPS) is 11.8. The number of aromatic amines is 1. The zero-order valence-corrected chi connectivity index (χ0v) is 17.3. The molecule has 0 bridgehead atoms. The van der Waals surface area contributed by atoms with Crippen molar-refractivity contribution < 1.29 is 24.2 Å². The summed E-state index contributed by atoms with van der Waals surface area (Å²) in [5.41, 5.74) is 3.76. The van der Waals surface area contributed by atoms with E-state index in [0.717, 1.165) is 18.4 Å². The predicted octanol–water partition coefficient (Wildman–Crippen LogP) is 2.79. The van der Waals surface area contributed by atoms with Gasteiger partial charge in [-0.25, -0.2) is 4.79 Å². The molecule has 7 heteroatoms. The summed E-state index contributed by atoms with van der Waals surface area (Å²) in [4.78, 5) is 38.4. The topological polar surface area (TPSA) is 108 Å². The van der Waals surface area contributed by atoms with Crippen LogP contribution in [-0.2, 0) is 16.0 Å². The molecule has 1 amide bonds. The molecule has 0 radical (unpaired) electrons. The number of H-pyrrole nitrogens is 1. The summed E-state index contributed by atoms with van der Waals surface area (Å²) in [7, 11) is 0. The van der Waals surface area contributed by atoms with Crippen LogP contribution in [0.3, 0.4) is 0 Å². The van der Waals surface area contributed by atoms with Gasteiger partial charge >= 0.3 is 5.97 Å². The maximum Gasteiger partial charge on any atom is 0.355 e. The Morgan fingerprint density at radius 3 is 2.38 bits per heavy atom. The predicted molar refractivity (Wildman–Crippen MR) is 109 cm³/mol. The van der Waals surface area contributed by atoms with Crippen LogP contribution < -0.4 is 5.32 Å². The maximum atomic E-state index is 12.3. The monoisotopic (exact) mass is 400 g/mol. The molecular weight excluding hydrogens is 372 g/mol. The van der Waals surface area contributed by atoms with E-state index in [1.165, 1.54) is 6.92 Å². The van der Waals surface area contributed by atoms with E-state index in [0.29, 0.717) is 28.9 Å². The minimum absolute atomic E-state index is 0.0488. The first-order valence-electron chi connectivity index (χ1n) is 9.61. The summed E-state index contributed by atoms with van der Waals surface area (Å²) in [6, 6.07) is 7.13. The van der Waals surface area contributed by atoms with Gasteiger partial charge in [-0.15, -0.1) is 0 Å². The summed E-state index contributed by atoms with van der Waals surface area (Å²) in [5, 5.41) is 12.6. The zero-order chi connectivity index (χ0) is 21.6. The number of rotatable bonds is 9. The number of nitrogens with one attached hydrogen (secondary N) is 2. The Morgan fingerprint density at radius 2 is 1.83 bits per heavy atom. The molecule has 29 heavy (non-hydrogen) atoms. The first-order chi connectivity index (χ1) is 13.7. The van der Waals surface area contributed by atoms with Crippen LogP contribution in [0.4, 0.5) is 0 Å². The van der Waals surface area contributed by atoms with Crippen LogP contribution in [-0.4, -0.2) is 40.9 Å². The number of ether oxygens (including phenoxy) is 1. The molecule has 2 aromatic rings. The lowest BCUT2D eigenvalue weighted by atomic mass is 10.1. The molecule has 0 saturated heterocycles. The van der Waals surface area contributed by atoms with E-state index < -0.39 is 12.1 Å². The van der Waals surface area contributed by atoms with E-state index in [2.05, 4.69) is 10.3 Å². The minimum atomic E-state index is -0.703. The molecule has 156 valence electrons. The molecule has 3 N–H and O–H groups in total. The van der Waals surface area contributed by atoms with Crippen LogP contribution >= 0.6 is 0 Å². The molecule has 1 aromatic carbocycles. The summed E-state index contributed by atoms with van der Waals surface area (Å²) in [5.74, 6) is -0.965. The number of carbonyl (C=O) groups is 3. The van der Waals surface area contributed by atoms with Gasteiger partial charge in [0.25, 0.3) is 0 Å². The number of Topliss-reactive ketones (excluding diaryl/α,β-unsaturated/α-hetero) is 1. The number of aliphatic hydroxyl groups excluding tert-OH is 1. The van der Waals surface area contributed by atoms with Crippen molar-refractivity contribution >= 4 is 17.7 Å². The van der Waals surface area contributed by atoms with Crippen molar-refractivity contribution in [3.63, 3.8) is 0 Å². The third kappa shape index (κ3) is 6.02. The zero-order valence-electron chi connectivity index (χ0n) is 17.3. The van der Waals surface area contributed by atoms with Crippen molar-refractivity contribution in [3.05, 3.63) is 57.9 Å². The van der Waals surface area contributed by atoms with E-state index >= 15 is 0 Å². The van der Waals surface area contributed by atoms with Crippen molar-refractivity contribution in [2.24, 2.45) is 0 Å². The average molecular weight is 400 g/mol. The van der Waals surface area contributed by atoms with Gasteiger partial charge in [-0.05, 0) is 44.7 Å². The minimum Gasteiger partial charge on any atom is -0.453 e. The molecule has 0 aliphatic heterocycles. The first kappa shape index (κ1) is 22.4. The molecule has 1 heterocycles. The van der Waals surface area contributed by atoms with E-state index in [1.54, 1.807) is 32.9 Å². The van der Waals surface area contributed by atoms with Gasteiger partial charge in [0.1, 0.15) is 5.69 Å². The molecule has 0 spiro atoms. The van der Waals surface area contributed by atoms with Crippen molar-refractivity contribution in [1.29, 1.82) is 0 Å². The SMILES string of the molecule is CC(=O)NCCCc1ccc(C(=O)COC(=O)c2[nH]c(C)c([C@H](C)O)c2C)cc1. The van der Waals surface area contributed by atoms with E-state index in [9.17, 15) is 19.5 Å². The second-order valence-electron chi connectivity index (χ2n) is 7.12. The summed E-state index contributed by atoms with van der Waals surface area (Å²) < 4.78 is 5.16. The van der Waals surface area contributed by atoms with Gasteiger partial charge < -0.3 is 20.1 Å². The van der Waals surface area contributed by atoms with E-state index in [-0.39, 0.29) is 24.0 Å². The second kappa shape index (κ2) is 10.0. The third-order valence-electron chi connectivity index (χ3n) is 4.74. The number of benzene rings is 1. The van der Waals surface area contributed by atoms with Crippen molar-refractivity contribution in [2.45, 2.75) is 46.6 Å². The van der Waals surface area contributed by atoms with Gasteiger partial charge in [0.2, 0.25) is 5.91 Å². The average Bonchev–Trinajstić information content (AvgIpc) is 2.97. The number of carbonyl (C=O) groups excluding carboxylic acids is 3. The van der Waals surface area contributed by atoms with Crippen LogP contribution in [0.1, 0.15) is 69.6 Å². The lowest BCUT2D eigenvalue weighted by Crippen LogP contribution is -2.21. The van der Waals surface area contributed by atoms with Crippen LogP contribution in [0.2, 0.25) is 0 Å². The van der Waals surface area contributed by atoms with Gasteiger partial charge in [-0.2, -0.15) is 0 Å². The molecule has 1 atom stereocenters. The lowest BCUT2D eigenvalue weighted by Gasteiger charge is -2.07. The Balaban J connectivity index is 1.90. The highest BCUT2D eigenvalue weighted by atomic mass is 16.5. The molecule has 7 nitrogen and oxygen atoms in total. The van der Waals surface area contributed by atoms with Gasteiger partial charge in [0, 0.05) is 30.3 Å². The Hall–Kier alpha value is -2.93. The Kier molecular flexibility index (Phi) is 7.73. The molecule has 0 saturated carbocycles. The first-order valence-corrected chi connectivity index (χ1v) is 9.61. The van der Waals surface area contributed by atoms with Gasteiger partial charge in [-0.1, -0.05) is 24.3 Å². The van der Waals surface area contributed by atoms with Crippen molar-refractivity contribution in [2.75, 3.05) is 13.2 Å². The fraction of sp³-hybridized carbons (Fsp3) is 0.409. The fourth-order valence-electron chi connectivity index (χ4n) is 3.30. The Bertz CT molecular complexity index is 881. The summed E-state index contributed by atoms with van der Waals surface area (Å²) in [6.07, 6.45) is 0.903. The molecule has 0 aliphatic rings. The highest BCUT2D eigenvalue weighted by Crippen LogP contribution is 2.24. The van der Waals surface area contributed by atoms with Crippen LogP contribution in [0.15, 0.2) is 24.3 Å². The molecule has 2 rings (SSSR count). The van der Waals surface area contributed by atoms with Gasteiger partial charge in [-0.3, -0.25) is 9.59 Å². The number of aryl methyl sites for hydroxylation is 2. The molecule has 0 unspecified atom stereocenters. The number of aromatic nitrogens is 1. The summed E-state index contributed by atoms with van der Waals surface area (Å²) >= 11 is 0. The molecule has 1 aromatic heterocycles. The van der Waals surface area contributed by atoms with E-state index in [1.807, 2.05) is 12.1 Å². The highest BCUT2D eigenvalue weighted by Gasteiger charge is 2.21.